The van der Waals surface area contributed by atoms with E-state index >= 15 is 0 Å². The maximum Gasteiger partial charge on any atom is 0.408 e. The topological polar surface area (TPSA) is 114 Å². The molecule has 0 spiro atoms. The monoisotopic (exact) mass is 379 g/mol. The number of carbonyl (C=O) groups excluding carboxylic acids is 2. The van der Waals surface area contributed by atoms with Gasteiger partial charge < -0.3 is 20.1 Å². The maximum absolute atomic E-state index is 12.3. The van der Waals surface area contributed by atoms with Crippen molar-refractivity contribution < 1.29 is 27.5 Å². The van der Waals surface area contributed by atoms with Gasteiger partial charge in [-0.1, -0.05) is 0 Å². The molecule has 1 heterocycles. The molecule has 1 fully saturated rings. The van der Waals surface area contributed by atoms with Crippen LogP contribution in [0.3, 0.4) is 0 Å². The van der Waals surface area contributed by atoms with Crippen LogP contribution in [0, 0.1) is 0 Å². The molecule has 0 aromatic heterocycles. The smallest absolute Gasteiger partial charge is 0.408 e. The van der Waals surface area contributed by atoms with Gasteiger partial charge in [0.25, 0.3) is 0 Å². The molecule has 1 rings (SSSR count). The third-order valence-corrected chi connectivity index (χ3v) is 5.06. The fourth-order valence-electron chi connectivity index (χ4n) is 2.34. The number of amides is 2. The molecular formula is C15H29N3O6S. The molecule has 1 aliphatic rings. The average Bonchev–Trinajstić information content (AvgIpc) is 2.42. The number of ether oxygens (including phenoxy) is 2. The Morgan fingerprint density at radius 3 is 2.24 bits per heavy atom. The number of nitrogens with one attached hydrogen (secondary N) is 2. The van der Waals surface area contributed by atoms with Gasteiger partial charge in [0.15, 0.2) is 0 Å². The van der Waals surface area contributed by atoms with Crippen molar-refractivity contribution in [1.29, 1.82) is 0 Å². The number of alkyl carbamates (subject to hydrolysis) is 1. The van der Waals surface area contributed by atoms with Gasteiger partial charge in [-0.15, -0.1) is 0 Å². The summed E-state index contributed by atoms with van der Waals surface area (Å²) in [5.74, 6) is -0.685. The molecule has 25 heavy (non-hydrogen) atoms. The number of morpholine rings is 1. The lowest BCUT2D eigenvalue weighted by Gasteiger charge is -2.34. The summed E-state index contributed by atoms with van der Waals surface area (Å²) in [5.41, 5.74) is -0.652. The SMILES string of the molecule is CC1CN(S(=O)(=O)CCNC(=O)CNC(=O)OC(C)(C)C)CC(C)O1. The standard InChI is InChI=1S/C15H29N3O6S/c1-11-9-18(10-12(2)23-11)25(21,22)7-6-16-13(19)8-17-14(20)24-15(3,4)5/h11-12H,6-10H2,1-5H3,(H,16,19)(H,17,20). The molecule has 2 unspecified atom stereocenters. The molecule has 0 aromatic carbocycles. The molecule has 10 heteroatoms. The first kappa shape index (κ1) is 21.7. The number of hydrogen-bond acceptors (Lipinski definition) is 6. The van der Waals surface area contributed by atoms with Gasteiger partial charge in [-0.2, -0.15) is 4.31 Å². The van der Waals surface area contributed by atoms with Crippen molar-refractivity contribution in [3.05, 3.63) is 0 Å². The van der Waals surface area contributed by atoms with Crippen LogP contribution in [-0.4, -0.2) is 74.5 Å². The predicted octanol–water partition coefficient (Wildman–Crippen LogP) is 0.0663. The molecule has 146 valence electrons. The Morgan fingerprint density at radius 2 is 1.72 bits per heavy atom. The van der Waals surface area contributed by atoms with E-state index in [9.17, 15) is 18.0 Å². The molecule has 2 atom stereocenters. The van der Waals surface area contributed by atoms with E-state index in [4.69, 9.17) is 9.47 Å². The van der Waals surface area contributed by atoms with Crippen molar-refractivity contribution in [1.82, 2.24) is 14.9 Å². The van der Waals surface area contributed by atoms with Crippen LogP contribution in [-0.2, 0) is 24.3 Å². The zero-order valence-corrected chi connectivity index (χ0v) is 16.3. The molecule has 1 saturated heterocycles. The zero-order valence-electron chi connectivity index (χ0n) is 15.5. The normalized spacial score (nSPS) is 22.3. The van der Waals surface area contributed by atoms with E-state index in [2.05, 4.69) is 10.6 Å². The minimum absolute atomic E-state index is 0.0305. The van der Waals surface area contributed by atoms with Crippen molar-refractivity contribution in [2.45, 2.75) is 52.4 Å². The lowest BCUT2D eigenvalue weighted by molar-refractivity contribution is -0.120. The maximum atomic E-state index is 12.3. The minimum atomic E-state index is -3.47. The fraction of sp³-hybridized carbons (Fsp3) is 0.867. The fourth-order valence-corrected chi connectivity index (χ4v) is 3.83. The van der Waals surface area contributed by atoms with Gasteiger partial charge in [-0.05, 0) is 34.6 Å². The lowest BCUT2D eigenvalue weighted by Crippen LogP contribution is -2.50. The molecule has 2 amide bonds. The van der Waals surface area contributed by atoms with Gasteiger partial charge in [-0.25, -0.2) is 13.2 Å². The summed E-state index contributed by atoms with van der Waals surface area (Å²) in [6.07, 6.45) is -1.02. The molecule has 2 N–H and O–H groups in total. The van der Waals surface area contributed by atoms with E-state index in [1.165, 1.54) is 4.31 Å². The first-order valence-electron chi connectivity index (χ1n) is 8.26. The van der Waals surface area contributed by atoms with E-state index < -0.39 is 27.6 Å². The predicted molar refractivity (Wildman–Crippen MR) is 92.6 cm³/mol. The summed E-state index contributed by atoms with van der Waals surface area (Å²) in [5, 5.41) is 4.78. The Labute approximate surface area is 149 Å². The lowest BCUT2D eigenvalue weighted by atomic mass is 10.2. The quantitative estimate of drug-likeness (QED) is 0.675. The largest absolute Gasteiger partial charge is 0.444 e. The number of hydrogen-bond donors (Lipinski definition) is 2. The van der Waals surface area contributed by atoms with Crippen LogP contribution < -0.4 is 10.6 Å². The van der Waals surface area contributed by atoms with Crippen molar-refractivity contribution >= 4 is 22.0 Å². The van der Waals surface area contributed by atoms with Gasteiger partial charge in [0.1, 0.15) is 5.60 Å². The highest BCUT2D eigenvalue weighted by Gasteiger charge is 2.30. The Balaban J connectivity index is 2.33. The number of rotatable bonds is 6. The summed E-state index contributed by atoms with van der Waals surface area (Å²) >= 11 is 0. The van der Waals surface area contributed by atoms with Crippen LogP contribution in [0.2, 0.25) is 0 Å². The first-order valence-corrected chi connectivity index (χ1v) is 9.87. The van der Waals surface area contributed by atoms with E-state index in [0.29, 0.717) is 13.1 Å². The Morgan fingerprint density at radius 1 is 1.16 bits per heavy atom. The third kappa shape index (κ3) is 8.50. The molecule has 0 aliphatic carbocycles. The van der Waals surface area contributed by atoms with Gasteiger partial charge in [0.2, 0.25) is 15.9 Å². The Bertz CT molecular complexity index is 562. The van der Waals surface area contributed by atoms with Crippen molar-refractivity contribution in [2.24, 2.45) is 0 Å². The van der Waals surface area contributed by atoms with Crippen LogP contribution in [0.1, 0.15) is 34.6 Å². The second kappa shape index (κ2) is 8.81. The van der Waals surface area contributed by atoms with Gasteiger partial charge in [0.05, 0.1) is 24.5 Å². The summed E-state index contributed by atoms with van der Waals surface area (Å²) < 4.78 is 36.5. The Hall–Kier alpha value is -1.39. The Kier molecular flexibility index (Phi) is 7.63. The second-order valence-corrected chi connectivity index (χ2v) is 9.18. The van der Waals surface area contributed by atoms with Crippen LogP contribution in [0.25, 0.3) is 0 Å². The van der Waals surface area contributed by atoms with E-state index in [-0.39, 0.29) is 31.1 Å². The highest BCUT2D eigenvalue weighted by molar-refractivity contribution is 7.89. The van der Waals surface area contributed by atoms with Gasteiger partial charge >= 0.3 is 6.09 Å². The molecule has 0 bridgehead atoms. The molecule has 0 saturated carbocycles. The average molecular weight is 379 g/mol. The van der Waals surface area contributed by atoms with E-state index in [1.54, 1.807) is 20.8 Å². The summed E-state index contributed by atoms with van der Waals surface area (Å²) in [6, 6.07) is 0. The van der Waals surface area contributed by atoms with E-state index in [1.807, 2.05) is 13.8 Å². The van der Waals surface area contributed by atoms with Crippen LogP contribution in [0.15, 0.2) is 0 Å². The summed E-state index contributed by atoms with van der Waals surface area (Å²) in [6.45, 7) is 9.09. The molecule has 9 nitrogen and oxygen atoms in total. The summed E-state index contributed by atoms with van der Waals surface area (Å²) in [4.78, 5) is 23.1. The first-order chi connectivity index (χ1) is 11.4. The minimum Gasteiger partial charge on any atom is -0.444 e. The molecule has 0 radical (unpaired) electrons. The summed E-state index contributed by atoms with van der Waals surface area (Å²) in [7, 11) is -3.47. The number of sulfonamides is 1. The number of carbonyl (C=O) groups is 2. The van der Waals surface area contributed by atoms with Crippen molar-refractivity contribution in [3.8, 4) is 0 Å². The zero-order chi connectivity index (χ0) is 19.3. The van der Waals surface area contributed by atoms with Gasteiger partial charge in [0, 0.05) is 19.6 Å². The third-order valence-electron chi connectivity index (χ3n) is 3.25. The highest BCUT2D eigenvalue weighted by Crippen LogP contribution is 2.14. The van der Waals surface area contributed by atoms with Crippen molar-refractivity contribution in [3.63, 3.8) is 0 Å². The molecule has 1 aliphatic heterocycles. The van der Waals surface area contributed by atoms with Crippen LogP contribution in [0.4, 0.5) is 4.79 Å². The van der Waals surface area contributed by atoms with Crippen molar-refractivity contribution in [2.75, 3.05) is 31.9 Å². The highest BCUT2D eigenvalue weighted by atomic mass is 32.2. The van der Waals surface area contributed by atoms with E-state index in [0.717, 1.165) is 0 Å². The number of nitrogens with zero attached hydrogens (tertiary/aromatic N) is 1. The van der Waals surface area contributed by atoms with Gasteiger partial charge in [-0.3, -0.25) is 4.79 Å². The molecule has 0 aromatic rings. The molecular weight excluding hydrogens is 350 g/mol. The second-order valence-electron chi connectivity index (χ2n) is 7.10. The van der Waals surface area contributed by atoms with Crippen LogP contribution in [0.5, 0.6) is 0 Å². The van der Waals surface area contributed by atoms with Crippen LogP contribution >= 0.6 is 0 Å².